The zero-order valence-corrected chi connectivity index (χ0v) is 28.1. The molecule has 2 saturated heterocycles. The zero-order chi connectivity index (χ0) is 35.2. The quantitative estimate of drug-likeness (QED) is 0.228. The third-order valence-corrected chi connectivity index (χ3v) is 7.23. The summed E-state index contributed by atoms with van der Waals surface area (Å²) in [6.45, 7) is 9.79. The highest BCUT2D eigenvalue weighted by Gasteiger charge is 2.38. The van der Waals surface area contributed by atoms with E-state index < -0.39 is 72.2 Å². The molecule has 0 unspecified atom stereocenters. The van der Waals surface area contributed by atoms with Gasteiger partial charge in [0, 0.05) is 24.2 Å². The van der Waals surface area contributed by atoms with Crippen LogP contribution < -0.4 is 0 Å². The summed E-state index contributed by atoms with van der Waals surface area (Å²) in [5.41, 5.74) is -0.962. The molecule has 2 heterocycles. The molecule has 0 aliphatic carbocycles. The lowest BCUT2D eigenvalue weighted by molar-refractivity contribution is -0.155. The molecule has 2 aromatic carbocycles. The summed E-state index contributed by atoms with van der Waals surface area (Å²) >= 11 is 0. The minimum Gasteiger partial charge on any atom is -0.456 e. The van der Waals surface area contributed by atoms with Crippen molar-refractivity contribution in [1.29, 1.82) is 0 Å². The molecule has 0 saturated carbocycles. The van der Waals surface area contributed by atoms with Crippen LogP contribution in [0.4, 0.5) is 9.59 Å². The summed E-state index contributed by atoms with van der Waals surface area (Å²) in [7, 11) is 0. The zero-order valence-electron chi connectivity index (χ0n) is 28.1. The minimum absolute atomic E-state index is 0.0813. The van der Waals surface area contributed by atoms with Gasteiger partial charge in [0.05, 0.1) is 26.4 Å². The van der Waals surface area contributed by atoms with Crippen molar-refractivity contribution in [3.05, 3.63) is 47.5 Å². The Balaban J connectivity index is 1.33. The molecule has 0 bridgehead atoms. The summed E-state index contributed by atoms with van der Waals surface area (Å²) in [6.07, 6.45) is -1.35. The second-order valence-electron chi connectivity index (χ2n) is 13.4. The Hall–Kier alpha value is -4.56. The van der Waals surface area contributed by atoms with Crippen LogP contribution >= 0.6 is 0 Å². The molecule has 0 aromatic heterocycles. The molecule has 0 radical (unpaired) electrons. The predicted octanol–water partition coefficient (Wildman–Crippen LogP) is 3.56. The molecule has 2 fully saturated rings. The van der Waals surface area contributed by atoms with Crippen molar-refractivity contribution in [3.8, 4) is 0 Å². The minimum atomic E-state index is -1.05. The topological polar surface area (TPSA) is 164 Å². The lowest BCUT2D eigenvalue weighted by atomic mass is 10.0. The van der Waals surface area contributed by atoms with Gasteiger partial charge in [-0.15, -0.1) is 0 Å². The maximum absolute atomic E-state index is 12.9. The normalized spacial score (nSPS) is 18.5. The number of morpholine rings is 2. The average Bonchev–Trinajstić information content (AvgIpc) is 3.03. The first-order valence-electron chi connectivity index (χ1n) is 15.6. The van der Waals surface area contributed by atoms with Crippen LogP contribution in [-0.4, -0.2) is 122 Å². The third-order valence-electron chi connectivity index (χ3n) is 7.23. The van der Waals surface area contributed by atoms with Crippen molar-refractivity contribution in [1.82, 2.24) is 9.80 Å². The Morgan fingerprint density at radius 2 is 1.02 bits per heavy atom. The molecule has 0 spiro atoms. The SMILES string of the molecule is CC(C)(C)OC(=O)N1CCOC[C@H]1C(=O)OCC(=O)c1ccc2cc(C(=O)COC(=O)[C@@H]3COCCN3C(=O)OC(C)(C)C)ccc2c1. The van der Waals surface area contributed by atoms with Crippen LogP contribution in [0.5, 0.6) is 0 Å². The first-order chi connectivity index (χ1) is 22.5. The van der Waals surface area contributed by atoms with Gasteiger partial charge in [-0.1, -0.05) is 24.3 Å². The van der Waals surface area contributed by atoms with E-state index in [-0.39, 0.29) is 50.6 Å². The monoisotopic (exact) mass is 670 g/mol. The molecule has 14 nitrogen and oxygen atoms in total. The molecular formula is C34H42N2O12. The van der Waals surface area contributed by atoms with Crippen LogP contribution in [0.15, 0.2) is 36.4 Å². The summed E-state index contributed by atoms with van der Waals surface area (Å²) in [5, 5.41) is 1.29. The van der Waals surface area contributed by atoms with E-state index >= 15 is 0 Å². The molecule has 4 rings (SSSR count). The van der Waals surface area contributed by atoms with Crippen LogP contribution in [0.3, 0.4) is 0 Å². The number of Topliss-reactive ketones (excluding diaryl/α,β-unsaturated/α-hetero) is 2. The van der Waals surface area contributed by atoms with Gasteiger partial charge in [-0.25, -0.2) is 19.2 Å². The van der Waals surface area contributed by atoms with E-state index in [0.717, 1.165) is 0 Å². The van der Waals surface area contributed by atoms with Crippen LogP contribution in [0, 0.1) is 0 Å². The van der Waals surface area contributed by atoms with Gasteiger partial charge >= 0.3 is 24.1 Å². The molecule has 260 valence electrons. The number of fused-ring (bicyclic) bond motifs is 1. The number of carbonyl (C=O) groups is 6. The predicted molar refractivity (Wildman–Crippen MR) is 170 cm³/mol. The summed E-state index contributed by atoms with van der Waals surface area (Å²) in [5.74, 6) is -2.51. The van der Waals surface area contributed by atoms with Gasteiger partial charge in [-0.2, -0.15) is 0 Å². The summed E-state index contributed by atoms with van der Waals surface area (Å²) in [4.78, 5) is 79.1. The Morgan fingerprint density at radius 3 is 1.38 bits per heavy atom. The van der Waals surface area contributed by atoms with Gasteiger partial charge < -0.3 is 28.4 Å². The number of benzene rings is 2. The summed E-state index contributed by atoms with van der Waals surface area (Å²) < 4.78 is 32.0. The fraction of sp³-hybridized carbons (Fsp3) is 0.529. The number of carbonyl (C=O) groups excluding carboxylic acids is 6. The highest BCUT2D eigenvalue weighted by molar-refractivity contribution is 6.04. The number of hydrogen-bond acceptors (Lipinski definition) is 12. The first kappa shape index (κ1) is 36.3. The van der Waals surface area contributed by atoms with Crippen LogP contribution in [0.2, 0.25) is 0 Å². The molecule has 14 heteroatoms. The second-order valence-corrected chi connectivity index (χ2v) is 13.4. The van der Waals surface area contributed by atoms with Gasteiger partial charge in [-0.3, -0.25) is 19.4 Å². The van der Waals surface area contributed by atoms with Crippen molar-refractivity contribution in [2.24, 2.45) is 0 Å². The molecule has 2 aliphatic rings. The van der Waals surface area contributed by atoms with Crippen molar-refractivity contribution < 1.29 is 57.2 Å². The van der Waals surface area contributed by atoms with E-state index in [0.29, 0.717) is 10.8 Å². The molecule has 0 N–H and O–H groups in total. The largest absolute Gasteiger partial charge is 0.456 e. The number of nitrogens with zero attached hydrogens (tertiary/aromatic N) is 2. The Labute approximate surface area is 278 Å². The van der Waals surface area contributed by atoms with E-state index in [1.165, 1.54) is 21.9 Å². The number of rotatable bonds is 8. The van der Waals surface area contributed by atoms with E-state index in [9.17, 15) is 28.8 Å². The smallest absolute Gasteiger partial charge is 0.411 e. The highest BCUT2D eigenvalue weighted by atomic mass is 16.6. The Kier molecular flexibility index (Phi) is 11.4. The number of amides is 2. The summed E-state index contributed by atoms with van der Waals surface area (Å²) in [6, 6.07) is 7.47. The molecule has 2 aromatic rings. The van der Waals surface area contributed by atoms with E-state index in [4.69, 9.17) is 28.4 Å². The van der Waals surface area contributed by atoms with E-state index in [1.807, 2.05) is 0 Å². The fourth-order valence-corrected chi connectivity index (χ4v) is 4.90. The number of esters is 2. The lowest BCUT2D eigenvalue weighted by Gasteiger charge is -2.35. The van der Waals surface area contributed by atoms with Crippen molar-refractivity contribution >= 4 is 46.5 Å². The van der Waals surface area contributed by atoms with Crippen molar-refractivity contribution in [3.63, 3.8) is 0 Å². The molecule has 2 aliphatic heterocycles. The fourth-order valence-electron chi connectivity index (χ4n) is 4.90. The Bertz CT molecular complexity index is 1440. The molecule has 2 atom stereocenters. The van der Waals surface area contributed by atoms with Gasteiger partial charge in [0.25, 0.3) is 0 Å². The molecule has 48 heavy (non-hydrogen) atoms. The number of hydrogen-bond donors (Lipinski definition) is 0. The van der Waals surface area contributed by atoms with Gasteiger partial charge in [0.2, 0.25) is 0 Å². The van der Waals surface area contributed by atoms with Crippen molar-refractivity contribution in [2.45, 2.75) is 64.8 Å². The average molecular weight is 671 g/mol. The lowest BCUT2D eigenvalue weighted by Crippen LogP contribution is -2.54. The van der Waals surface area contributed by atoms with Crippen molar-refractivity contribution in [2.75, 3.05) is 52.7 Å². The van der Waals surface area contributed by atoms with Gasteiger partial charge in [0.1, 0.15) is 11.2 Å². The molecular weight excluding hydrogens is 628 g/mol. The molecule has 2 amide bonds. The van der Waals surface area contributed by atoms with Crippen LogP contribution in [0.1, 0.15) is 62.3 Å². The van der Waals surface area contributed by atoms with E-state index in [2.05, 4.69) is 0 Å². The highest BCUT2D eigenvalue weighted by Crippen LogP contribution is 2.21. The van der Waals surface area contributed by atoms with Crippen LogP contribution in [-0.2, 0) is 38.0 Å². The first-order valence-corrected chi connectivity index (χ1v) is 15.6. The van der Waals surface area contributed by atoms with Crippen LogP contribution in [0.25, 0.3) is 10.8 Å². The maximum atomic E-state index is 12.9. The van der Waals surface area contributed by atoms with Gasteiger partial charge in [0.15, 0.2) is 36.9 Å². The van der Waals surface area contributed by atoms with Gasteiger partial charge in [-0.05, 0) is 64.4 Å². The number of ketones is 2. The maximum Gasteiger partial charge on any atom is 0.411 e. The van der Waals surface area contributed by atoms with E-state index in [1.54, 1.807) is 65.8 Å². The second kappa shape index (κ2) is 15.1. The Morgan fingerprint density at radius 1 is 0.646 bits per heavy atom. The number of ether oxygens (including phenoxy) is 6. The third kappa shape index (κ3) is 9.73. The standard InChI is InChI=1S/C34H42N2O12/c1-33(2,3)47-31(41)35-11-13-43-17-25(35)29(39)45-19-27(37)23-9-7-22-16-24(10-8-21(22)15-23)28(38)20-46-30(40)26-18-44-14-12-36(26)32(42)48-34(4,5)6/h7-10,15-16,25-26H,11-14,17-20H2,1-6H3/t25-,26-/m0/s1.